The fraction of sp³-hybridized carbons (Fsp3) is 0.667. The van der Waals surface area contributed by atoms with E-state index in [1.54, 1.807) is 26.5 Å². The van der Waals surface area contributed by atoms with Crippen LogP contribution in [0.1, 0.15) is 20.8 Å². The highest BCUT2D eigenvalue weighted by molar-refractivity contribution is 5.93. The number of nitrogens with zero attached hydrogens (tertiary/aromatic N) is 2. The zero-order chi connectivity index (χ0) is 19.3. The lowest BCUT2D eigenvalue weighted by atomic mass is 10.2. The average molecular weight is 356 g/mol. The van der Waals surface area contributed by atoms with Crippen LogP contribution in [0.25, 0.3) is 0 Å². The first-order chi connectivity index (χ1) is 12.2. The van der Waals surface area contributed by atoms with Crippen LogP contribution >= 0.6 is 0 Å². The van der Waals surface area contributed by atoms with E-state index in [0.29, 0.717) is 39.5 Å². The zero-order valence-corrected chi connectivity index (χ0v) is 16.1. The number of hydrogen-bond acceptors (Lipinski definition) is 7. The molecule has 0 aliphatic rings. The molecule has 0 atom stereocenters. The standard InChI is InChI=1S/C16H26N2O5.C2H6/c1-4-22-12-13-23-16(19)15(14-17)6-5-7-18(8-10-20-2)9-11-21-3;1-2/h5-7H,4,8-13H2,1-3H3;1-2H3/b7-5+,15-6+;. The molecule has 144 valence electrons. The topological polar surface area (TPSA) is 81.0 Å². The van der Waals surface area contributed by atoms with Crippen molar-refractivity contribution in [1.82, 2.24) is 4.90 Å². The maximum Gasteiger partial charge on any atom is 0.348 e. The van der Waals surface area contributed by atoms with Gasteiger partial charge in [0.25, 0.3) is 0 Å². The molecule has 0 aromatic carbocycles. The predicted octanol–water partition coefficient (Wildman–Crippen LogP) is 2.15. The third-order valence-corrected chi connectivity index (χ3v) is 2.73. The minimum atomic E-state index is -0.655. The van der Waals surface area contributed by atoms with Gasteiger partial charge < -0.3 is 23.8 Å². The molecule has 0 heterocycles. The second-order valence-corrected chi connectivity index (χ2v) is 4.39. The van der Waals surface area contributed by atoms with Gasteiger partial charge in [-0.25, -0.2) is 4.79 Å². The lowest BCUT2D eigenvalue weighted by Crippen LogP contribution is -2.25. The van der Waals surface area contributed by atoms with E-state index in [1.807, 2.05) is 31.7 Å². The first-order valence-electron chi connectivity index (χ1n) is 8.44. The Kier molecular flexibility index (Phi) is 20.5. The Hall–Kier alpha value is -1.88. The third-order valence-electron chi connectivity index (χ3n) is 2.73. The number of hydrogen-bond donors (Lipinski definition) is 0. The van der Waals surface area contributed by atoms with Gasteiger partial charge in [-0.15, -0.1) is 0 Å². The predicted molar refractivity (Wildman–Crippen MR) is 97.0 cm³/mol. The van der Waals surface area contributed by atoms with E-state index in [-0.39, 0.29) is 12.2 Å². The van der Waals surface area contributed by atoms with Crippen LogP contribution in [0.5, 0.6) is 0 Å². The normalized spacial score (nSPS) is 10.8. The summed E-state index contributed by atoms with van der Waals surface area (Å²) in [5.74, 6) is -0.655. The highest BCUT2D eigenvalue weighted by Crippen LogP contribution is 1.99. The fourth-order valence-corrected chi connectivity index (χ4v) is 1.51. The van der Waals surface area contributed by atoms with Crippen molar-refractivity contribution in [2.75, 3.05) is 60.3 Å². The Labute approximate surface area is 151 Å². The molecule has 0 unspecified atom stereocenters. The number of methoxy groups -OCH3 is 2. The molecule has 0 aliphatic carbocycles. The number of carbonyl (C=O) groups is 1. The number of carbonyl (C=O) groups excluding carboxylic acids is 1. The highest BCUT2D eigenvalue weighted by atomic mass is 16.6. The summed E-state index contributed by atoms with van der Waals surface area (Å²) < 4.78 is 20.1. The Morgan fingerprint density at radius 2 is 1.68 bits per heavy atom. The van der Waals surface area contributed by atoms with Crippen LogP contribution in [0.15, 0.2) is 23.9 Å². The molecule has 0 amide bonds. The quantitative estimate of drug-likeness (QED) is 0.164. The summed E-state index contributed by atoms with van der Waals surface area (Å²) in [6.45, 7) is 9.37. The summed E-state index contributed by atoms with van der Waals surface area (Å²) in [6, 6.07) is 1.83. The zero-order valence-electron chi connectivity index (χ0n) is 16.1. The van der Waals surface area contributed by atoms with Gasteiger partial charge >= 0.3 is 5.97 Å². The Bertz CT molecular complexity index is 408. The van der Waals surface area contributed by atoms with Gasteiger partial charge in [0.15, 0.2) is 0 Å². The molecular formula is C18H32N2O5. The molecule has 0 rings (SSSR count). The minimum Gasteiger partial charge on any atom is -0.459 e. The van der Waals surface area contributed by atoms with Crippen LogP contribution in [-0.4, -0.2) is 71.2 Å². The monoisotopic (exact) mass is 356 g/mol. The maximum atomic E-state index is 11.7. The van der Waals surface area contributed by atoms with Gasteiger partial charge in [-0.1, -0.05) is 13.8 Å². The second-order valence-electron chi connectivity index (χ2n) is 4.39. The second kappa shape index (κ2) is 20.2. The molecule has 0 N–H and O–H groups in total. The Morgan fingerprint density at radius 3 is 2.16 bits per heavy atom. The van der Waals surface area contributed by atoms with Crippen molar-refractivity contribution in [3.63, 3.8) is 0 Å². The summed E-state index contributed by atoms with van der Waals surface area (Å²) in [5, 5.41) is 9.01. The van der Waals surface area contributed by atoms with Gasteiger partial charge in [0.1, 0.15) is 18.2 Å². The first-order valence-corrected chi connectivity index (χ1v) is 8.44. The molecule has 0 radical (unpaired) electrons. The van der Waals surface area contributed by atoms with E-state index in [1.165, 1.54) is 6.08 Å². The number of esters is 1. The van der Waals surface area contributed by atoms with Gasteiger partial charge in [-0.2, -0.15) is 5.26 Å². The summed E-state index contributed by atoms with van der Waals surface area (Å²) >= 11 is 0. The van der Waals surface area contributed by atoms with Crippen LogP contribution < -0.4 is 0 Å². The molecule has 0 saturated heterocycles. The van der Waals surface area contributed by atoms with Crippen molar-refractivity contribution >= 4 is 5.97 Å². The Morgan fingerprint density at radius 1 is 1.08 bits per heavy atom. The average Bonchev–Trinajstić information content (AvgIpc) is 2.65. The van der Waals surface area contributed by atoms with Crippen LogP contribution in [0.4, 0.5) is 0 Å². The smallest absolute Gasteiger partial charge is 0.348 e. The highest BCUT2D eigenvalue weighted by Gasteiger charge is 2.09. The molecule has 0 aromatic heterocycles. The molecular weight excluding hydrogens is 324 g/mol. The molecule has 0 fully saturated rings. The summed E-state index contributed by atoms with van der Waals surface area (Å²) in [6.07, 6.45) is 4.84. The summed E-state index contributed by atoms with van der Waals surface area (Å²) in [7, 11) is 3.26. The third kappa shape index (κ3) is 15.4. The molecule has 0 aliphatic heterocycles. The van der Waals surface area contributed by atoms with Gasteiger partial charge in [0, 0.05) is 33.9 Å². The molecule has 0 aromatic rings. The maximum absolute atomic E-state index is 11.7. The van der Waals surface area contributed by atoms with Gasteiger partial charge in [0.05, 0.1) is 19.8 Å². The van der Waals surface area contributed by atoms with Crippen molar-refractivity contribution in [2.24, 2.45) is 0 Å². The molecule has 7 heteroatoms. The Balaban J connectivity index is 0. The van der Waals surface area contributed by atoms with Crippen LogP contribution in [-0.2, 0) is 23.7 Å². The molecule has 25 heavy (non-hydrogen) atoms. The molecule has 7 nitrogen and oxygen atoms in total. The number of allylic oxidation sites excluding steroid dienone is 2. The summed E-state index contributed by atoms with van der Waals surface area (Å²) in [4.78, 5) is 13.7. The number of nitriles is 1. The number of rotatable bonds is 13. The lowest BCUT2D eigenvalue weighted by molar-refractivity contribution is -0.140. The van der Waals surface area contributed by atoms with E-state index in [4.69, 9.17) is 24.2 Å². The van der Waals surface area contributed by atoms with E-state index in [2.05, 4.69) is 0 Å². The minimum absolute atomic E-state index is 0.0591. The molecule has 0 spiro atoms. The van der Waals surface area contributed by atoms with Gasteiger partial charge in [0.2, 0.25) is 0 Å². The van der Waals surface area contributed by atoms with E-state index < -0.39 is 5.97 Å². The van der Waals surface area contributed by atoms with Crippen molar-refractivity contribution in [3.8, 4) is 6.07 Å². The van der Waals surface area contributed by atoms with Crippen molar-refractivity contribution < 1.29 is 23.7 Å². The molecule has 0 bridgehead atoms. The van der Waals surface area contributed by atoms with E-state index in [9.17, 15) is 4.79 Å². The van der Waals surface area contributed by atoms with E-state index >= 15 is 0 Å². The van der Waals surface area contributed by atoms with Crippen molar-refractivity contribution in [3.05, 3.63) is 23.9 Å². The van der Waals surface area contributed by atoms with Crippen molar-refractivity contribution in [1.29, 1.82) is 5.26 Å². The van der Waals surface area contributed by atoms with E-state index in [0.717, 1.165) is 0 Å². The number of ether oxygens (including phenoxy) is 4. The molecule has 0 saturated carbocycles. The van der Waals surface area contributed by atoms with Crippen LogP contribution in [0.2, 0.25) is 0 Å². The lowest BCUT2D eigenvalue weighted by Gasteiger charge is -2.19. The SMILES string of the molecule is CC.CCOCCOC(=O)/C(C#N)=C/C=C/N(CCOC)CCOC. The van der Waals surface area contributed by atoms with Crippen molar-refractivity contribution in [2.45, 2.75) is 20.8 Å². The van der Waals surface area contributed by atoms with Crippen LogP contribution in [0, 0.1) is 11.3 Å². The summed E-state index contributed by atoms with van der Waals surface area (Å²) in [5.41, 5.74) is -0.0591. The first kappa shape index (κ1) is 25.4. The fourth-order valence-electron chi connectivity index (χ4n) is 1.51. The van der Waals surface area contributed by atoms with Crippen LogP contribution in [0.3, 0.4) is 0 Å². The largest absolute Gasteiger partial charge is 0.459 e. The van der Waals surface area contributed by atoms with Gasteiger partial charge in [-0.3, -0.25) is 0 Å². The van der Waals surface area contributed by atoms with Gasteiger partial charge in [-0.05, 0) is 25.3 Å².